The SMILES string of the molecule is CC(C)CCCBr.[MgH2]. The van der Waals surface area contributed by atoms with Gasteiger partial charge in [-0.05, 0) is 12.3 Å². The van der Waals surface area contributed by atoms with Gasteiger partial charge in [0.15, 0.2) is 0 Å². The maximum atomic E-state index is 3.38. The summed E-state index contributed by atoms with van der Waals surface area (Å²) in [6, 6.07) is 0. The molecule has 0 saturated heterocycles. The summed E-state index contributed by atoms with van der Waals surface area (Å²) in [5.41, 5.74) is 0. The maximum Gasteiger partial charge on any atom is 0.316 e. The Morgan fingerprint density at radius 3 is 2.00 bits per heavy atom. The van der Waals surface area contributed by atoms with Crippen molar-refractivity contribution in [2.75, 3.05) is 5.33 Å². The standard InChI is InChI=1S/C6H13Br.Mg.2H/c1-6(2)4-3-5-7;;;/h6H,3-5H2,1-2H3;;;. The molecule has 0 aromatic carbocycles. The summed E-state index contributed by atoms with van der Waals surface area (Å²) in [6.07, 6.45) is 2.67. The fourth-order valence-corrected chi connectivity index (χ4v) is 0.809. The fraction of sp³-hybridized carbons (Fsp3) is 1.00. The van der Waals surface area contributed by atoms with Crippen molar-refractivity contribution in [3.63, 3.8) is 0 Å². The molecule has 0 unspecified atom stereocenters. The Morgan fingerprint density at radius 2 is 1.88 bits per heavy atom. The van der Waals surface area contributed by atoms with Crippen molar-refractivity contribution < 1.29 is 0 Å². The lowest BCUT2D eigenvalue weighted by Gasteiger charge is -1.98. The lowest BCUT2D eigenvalue weighted by Crippen LogP contribution is -1.85. The van der Waals surface area contributed by atoms with Crippen LogP contribution < -0.4 is 0 Å². The molecule has 48 valence electrons. The van der Waals surface area contributed by atoms with Gasteiger partial charge in [0.1, 0.15) is 0 Å². The van der Waals surface area contributed by atoms with Gasteiger partial charge >= 0.3 is 23.1 Å². The van der Waals surface area contributed by atoms with Crippen molar-refractivity contribution in [2.24, 2.45) is 5.92 Å². The summed E-state index contributed by atoms with van der Waals surface area (Å²) >= 11 is 3.38. The molecular weight excluding hydrogens is 176 g/mol. The van der Waals surface area contributed by atoms with Crippen molar-refractivity contribution in [3.05, 3.63) is 0 Å². The Morgan fingerprint density at radius 1 is 1.38 bits per heavy atom. The van der Waals surface area contributed by atoms with Crippen molar-refractivity contribution in [2.45, 2.75) is 26.7 Å². The first-order chi connectivity index (χ1) is 3.27. The lowest BCUT2D eigenvalue weighted by molar-refractivity contribution is 0.580. The Kier molecular flexibility index (Phi) is 12.3. The minimum Gasteiger partial charge on any atom is -0.0928 e. The van der Waals surface area contributed by atoms with E-state index >= 15 is 0 Å². The van der Waals surface area contributed by atoms with Gasteiger partial charge in [-0.3, -0.25) is 0 Å². The third-order valence-electron chi connectivity index (χ3n) is 0.915. The average molecular weight is 191 g/mol. The summed E-state index contributed by atoms with van der Waals surface area (Å²) in [4.78, 5) is 0. The Labute approximate surface area is 76.7 Å². The van der Waals surface area contributed by atoms with E-state index in [1.807, 2.05) is 0 Å². The Bertz CT molecular complexity index is 37.5. The summed E-state index contributed by atoms with van der Waals surface area (Å²) in [6.45, 7) is 4.51. The second-order valence-electron chi connectivity index (χ2n) is 2.23. The van der Waals surface area contributed by atoms with Crippen LogP contribution in [-0.2, 0) is 0 Å². The molecule has 0 fully saturated rings. The highest BCUT2D eigenvalue weighted by molar-refractivity contribution is 9.09. The zero-order valence-electron chi connectivity index (χ0n) is 5.08. The molecule has 0 N–H and O–H groups in total. The van der Waals surface area contributed by atoms with Crippen molar-refractivity contribution in [3.8, 4) is 0 Å². The van der Waals surface area contributed by atoms with E-state index in [0.29, 0.717) is 0 Å². The molecule has 0 amide bonds. The van der Waals surface area contributed by atoms with Crippen LogP contribution in [0.5, 0.6) is 0 Å². The molecule has 8 heavy (non-hydrogen) atoms. The smallest absolute Gasteiger partial charge is 0.0928 e. The molecule has 0 spiro atoms. The van der Waals surface area contributed by atoms with Gasteiger partial charge in [0.2, 0.25) is 0 Å². The first kappa shape index (κ1) is 12.0. The first-order valence-corrected chi connectivity index (χ1v) is 3.95. The summed E-state index contributed by atoms with van der Waals surface area (Å²) < 4.78 is 0. The molecule has 2 heteroatoms. The van der Waals surface area contributed by atoms with Crippen molar-refractivity contribution in [1.29, 1.82) is 0 Å². The maximum absolute atomic E-state index is 3.38. The van der Waals surface area contributed by atoms with Crippen LogP contribution in [0.15, 0.2) is 0 Å². The van der Waals surface area contributed by atoms with Crippen LogP contribution >= 0.6 is 15.9 Å². The van der Waals surface area contributed by atoms with Gasteiger partial charge in [-0.1, -0.05) is 36.2 Å². The Balaban J connectivity index is 0. The first-order valence-electron chi connectivity index (χ1n) is 2.83. The molecule has 0 aliphatic rings. The fourth-order valence-electron chi connectivity index (χ4n) is 0.485. The summed E-state index contributed by atoms with van der Waals surface area (Å²) in [5, 5.41) is 1.16. The van der Waals surface area contributed by atoms with Crippen molar-refractivity contribution >= 4 is 39.0 Å². The summed E-state index contributed by atoms with van der Waals surface area (Å²) in [5.74, 6) is 0.873. The molecule has 0 radical (unpaired) electrons. The van der Waals surface area contributed by atoms with Gasteiger partial charge in [-0.15, -0.1) is 0 Å². The molecule has 0 aliphatic carbocycles. The molecule has 0 aliphatic heterocycles. The van der Waals surface area contributed by atoms with Gasteiger partial charge in [0.05, 0.1) is 0 Å². The second-order valence-corrected chi connectivity index (χ2v) is 3.02. The topological polar surface area (TPSA) is 0 Å². The highest BCUT2D eigenvalue weighted by Gasteiger charge is 1.89. The molecular formula is C6H15BrMg. The molecule has 0 aromatic heterocycles. The minimum atomic E-state index is 0. The predicted molar refractivity (Wildman–Crippen MR) is 46.4 cm³/mol. The van der Waals surface area contributed by atoms with Crippen LogP contribution in [0.3, 0.4) is 0 Å². The number of alkyl halides is 1. The molecule has 0 atom stereocenters. The second kappa shape index (κ2) is 8.25. The third kappa shape index (κ3) is 10.3. The molecule has 0 bridgehead atoms. The largest absolute Gasteiger partial charge is 0.316 e. The van der Waals surface area contributed by atoms with E-state index in [1.54, 1.807) is 0 Å². The van der Waals surface area contributed by atoms with Gasteiger partial charge in [-0.25, -0.2) is 0 Å². The number of hydrogen-bond acceptors (Lipinski definition) is 0. The third-order valence-corrected chi connectivity index (χ3v) is 1.48. The quantitative estimate of drug-likeness (QED) is 0.472. The highest BCUT2D eigenvalue weighted by atomic mass is 79.9. The molecule has 0 aromatic rings. The highest BCUT2D eigenvalue weighted by Crippen LogP contribution is 2.03. The van der Waals surface area contributed by atoms with Crippen LogP contribution in [0.4, 0.5) is 0 Å². The van der Waals surface area contributed by atoms with Gasteiger partial charge in [0.25, 0.3) is 0 Å². The lowest BCUT2D eigenvalue weighted by atomic mass is 10.1. The van der Waals surface area contributed by atoms with Crippen LogP contribution in [0.2, 0.25) is 0 Å². The van der Waals surface area contributed by atoms with Crippen LogP contribution in [0.25, 0.3) is 0 Å². The van der Waals surface area contributed by atoms with Gasteiger partial charge < -0.3 is 0 Å². The minimum absolute atomic E-state index is 0. The normalized spacial score (nSPS) is 9.00. The van der Waals surface area contributed by atoms with Gasteiger partial charge in [0, 0.05) is 5.33 Å². The van der Waals surface area contributed by atoms with Crippen LogP contribution in [-0.4, -0.2) is 28.4 Å². The monoisotopic (exact) mass is 190 g/mol. The van der Waals surface area contributed by atoms with Gasteiger partial charge in [-0.2, -0.15) is 0 Å². The van der Waals surface area contributed by atoms with Crippen LogP contribution in [0.1, 0.15) is 26.7 Å². The summed E-state index contributed by atoms with van der Waals surface area (Å²) in [7, 11) is 0. The zero-order valence-corrected chi connectivity index (χ0v) is 6.66. The van der Waals surface area contributed by atoms with Crippen LogP contribution in [0, 0.1) is 5.92 Å². The molecule has 0 heterocycles. The van der Waals surface area contributed by atoms with E-state index in [2.05, 4.69) is 29.8 Å². The Hall–Kier alpha value is 1.25. The number of rotatable bonds is 3. The van der Waals surface area contributed by atoms with E-state index in [1.165, 1.54) is 12.8 Å². The predicted octanol–water partition coefficient (Wildman–Crippen LogP) is 1.90. The van der Waals surface area contributed by atoms with E-state index in [4.69, 9.17) is 0 Å². The number of halogens is 1. The molecule has 0 rings (SSSR count). The zero-order chi connectivity index (χ0) is 5.70. The molecule has 0 saturated carbocycles. The van der Waals surface area contributed by atoms with E-state index in [9.17, 15) is 0 Å². The molecule has 0 nitrogen and oxygen atoms in total. The number of hydrogen-bond donors (Lipinski definition) is 0. The van der Waals surface area contributed by atoms with E-state index in [0.717, 1.165) is 11.2 Å². The van der Waals surface area contributed by atoms with E-state index < -0.39 is 0 Å². The van der Waals surface area contributed by atoms with Crippen molar-refractivity contribution in [1.82, 2.24) is 0 Å². The average Bonchev–Trinajstić information content (AvgIpc) is 1.61. The van der Waals surface area contributed by atoms with E-state index in [-0.39, 0.29) is 23.1 Å².